The van der Waals surface area contributed by atoms with Crippen LogP contribution in [0.1, 0.15) is 41.9 Å². The molecule has 1 unspecified atom stereocenters. The smallest absolute Gasteiger partial charge is 0.229 e. The van der Waals surface area contributed by atoms with Crippen LogP contribution in [-0.4, -0.2) is 46.2 Å². The molecule has 2 N–H and O–H groups in total. The van der Waals surface area contributed by atoms with Gasteiger partial charge in [0.25, 0.3) is 0 Å². The van der Waals surface area contributed by atoms with E-state index >= 15 is 0 Å². The van der Waals surface area contributed by atoms with E-state index in [1.165, 1.54) is 22.7 Å². The number of aromatic nitrogens is 2. The Morgan fingerprint density at radius 2 is 2.09 bits per heavy atom. The third-order valence-electron chi connectivity index (χ3n) is 6.30. The molecular formula is C23H27ClFN5OS. The summed E-state index contributed by atoms with van der Waals surface area (Å²) in [5, 5.41) is 11.7. The second kappa shape index (κ2) is 9.29. The molecule has 1 aliphatic heterocycles. The molecule has 3 heterocycles. The number of carbonyl (C=O) groups is 1. The number of likely N-dealkylation sites (tertiary alicyclic amines) is 1. The molecule has 1 saturated heterocycles. The molecule has 2 aromatic heterocycles. The molecule has 6 nitrogen and oxygen atoms in total. The number of thiazole rings is 1. The summed E-state index contributed by atoms with van der Waals surface area (Å²) in [4.78, 5) is 22.0. The van der Waals surface area contributed by atoms with Gasteiger partial charge in [0.1, 0.15) is 17.2 Å². The molecule has 1 fully saturated rings. The van der Waals surface area contributed by atoms with Crippen LogP contribution in [-0.2, 0) is 17.6 Å². The Morgan fingerprint density at radius 1 is 1.28 bits per heavy atom. The molecule has 2 aliphatic rings. The largest absolute Gasteiger partial charge is 0.309 e. The van der Waals surface area contributed by atoms with Gasteiger partial charge >= 0.3 is 0 Å². The average Bonchev–Trinajstić information content (AvgIpc) is 3.30. The van der Waals surface area contributed by atoms with Gasteiger partial charge in [0.05, 0.1) is 5.92 Å². The van der Waals surface area contributed by atoms with Crippen LogP contribution < -0.4 is 5.32 Å². The number of fused-ring (bicyclic) bond motifs is 3. The molecule has 3 aromatic rings. The number of hydrogen-bond acceptors (Lipinski definition) is 5. The molecule has 9 heteroatoms. The standard InChI is InChI=1S/C23H26FN5OS.ClH/c1-28-11-5-7-15(13-28)22(30)27-21(25)20-19(14-6-4-8-16(24)12-14)26-23-29(20)17-9-2-3-10-18(17)31-23;/h4,6,8,12,15H,2-3,5,7,9-11,13H2,1H3,(H2,25,27,30);1H. The SMILES string of the molecule is CN1CCCC(C(=O)NC(=N)c2c(-c3cccc(F)c3)nc3sc4c(n23)CCCC4)C1.Cl. The zero-order valence-electron chi connectivity index (χ0n) is 18.0. The average molecular weight is 476 g/mol. The first-order chi connectivity index (χ1) is 15.0. The van der Waals surface area contributed by atoms with Gasteiger partial charge in [-0.1, -0.05) is 12.1 Å². The molecular weight excluding hydrogens is 449 g/mol. The van der Waals surface area contributed by atoms with Crippen molar-refractivity contribution in [2.45, 2.75) is 38.5 Å². The van der Waals surface area contributed by atoms with Crippen LogP contribution in [0, 0.1) is 17.1 Å². The van der Waals surface area contributed by atoms with Crippen LogP contribution in [0.4, 0.5) is 4.39 Å². The van der Waals surface area contributed by atoms with Crippen LogP contribution in [0.25, 0.3) is 16.2 Å². The summed E-state index contributed by atoms with van der Waals surface area (Å²) in [6.07, 6.45) is 6.01. The summed E-state index contributed by atoms with van der Waals surface area (Å²) < 4.78 is 16.0. The van der Waals surface area contributed by atoms with E-state index in [1.807, 2.05) is 11.4 Å². The number of halogens is 2. The van der Waals surface area contributed by atoms with Crippen molar-refractivity contribution in [2.75, 3.05) is 20.1 Å². The van der Waals surface area contributed by atoms with Crippen molar-refractivity contribution >= 4 is 40.4 Å². The third-order valence-corrected chi connectivity index (χ3v) is 7.44. The number of nitrogens with zero attached hydrogens (tertiary/aromatic N) is 3. The van der Waals surface area contributed by atoms with Crippen molar-refractivity contribution in [3.05, 3.63) is 46.3 Å². The van der Waals surface area contributed by atoms with Crippen molar-refractivity contribution in [1.82, 2.24) is 19.6 Å². The Hall–Kier alpha value is -2.29. The second-order valence-electron chi connectivity index (χ2n) is 8.58. The van der Waals surface area contributed by atoms with Gasteiger partial charge in [-0.15, -0.1) is 23.7 Å². The fraction of sp³-hybridized carbons (Fsp3) is 0.435. The number of amidine groups is 1. The lowest BCUT2D eigenvalue weighted by molar-refractivity contribution is -0.125. The Labute approximate surface area is 196 Å². The molecule has 0 bridgehead atoms. The molecule has 0 saturated carbocycles. The van der Waals surface area contributed by atoms with E-state index in [0.29, 0.717) is 23.5 Å². The molecule has 1 atom stereocenters. The number of amides is 1. The first-order valence-electron chi connectivity index (χ1n) is 10.9. The Balaban J connectivity index is 0.00000245. The summed E-state index contributed by atoms with van der Waals surface area (Å²) in [6.45, 7) is 1.70. The van der Waals surface area contributed by atoms with E-state index in [-0.39, 0.29) is 35.9 Å². The van der Waals surface area contributed by atoms with Crippen LogP contribution >= 0.6 is 23.7 Å². The van der Waals surface area contributed by atoms with Crippen LogP contribution in [0.15, 0.2) is 24.3 Å². The lowest BCUT2D eigenvalue weighted by Gasteiger charge is -2.28. The second-order valence-corrected chi connectivity index (χ2v) is 9.64. The van der Waals surface area contributed by atoms with Crippen molar-refractivity contribution < 1.29 is 9.18 Å². The van der Waals surface area contributed by atoms with E-state index in [9.17, 15) is 9.18 Å². The summed E-state index contributed by atoms with van der Waals surface area (Å²) >= 11 is 1.64. The van der Waals surface area contributed by atoms with Crippen molar-refractivity contribution in [3.8, 4) is 11.3 Å². The van der Waals surface area contributed by atoms with Crippen molar-refractivity contribution in [1.29, 1.82) is 5.41 Å². The number of piperidine rings is 1. The van der Waals surface area contributed by atoms with E-state index in [0.717, 1.165) is 50.0 Å². The molecule has 170 valence electrons. The number of imidazole rings is 1. The predicted molar refractivity (Wildman–Crippen MR) is 128 cm³/mol. The fourth-order valence-electron chi connectivity index (χ4n) is 4.77. The number of benzene rings is 1. The van der Waals surface area contributed by atoms with Gasteiger partial charge in [0, 0.05) is 22.7 Å². The first kappa shape index (κ1) is 22.9. The van der Waals surface area contributed by atoms with Gasteiger partial charge in [-0.05, 0) is 64.3 Å². The Bertz CT molecular complexity index is 1170. The number of rotatable bonds is 3. The van der Waals surface area contributed by atoms with E-state index < -0.39 is 0 Å². The summed E-state index contributed by atoms with van der Waals surface area (Å²) in [7, 11) is 2.02. The Kier molecular flexibility index (Phi) is 6.65. The van der Waals surface area contributed by atoms with Crippen LogP contribution in [0.3, 0.4) is 0 Å². The monoisotopic (exact) mass is 475 g/mol. The lowest BCUT2D eigenvalue weighted by Crippen LogP contribution is -2.43. The number of nitrogens with one attached hydrogen (secondary N) is 2. The van der Waals surface area contributed by atoms with E-state index in [2.05, 4.69) is 10.2 Å². The van der Waals surface area contributed by atoms with Crippen LogP contribution in [0.5, 0.6) is 0 Å². The number of hydrogen-bond donors (Lipinski definition) is 2. The van der Waals surface area contributed by atoms with Gasteiger partial charge in [-0.3, -0.25) is 14.6 Å². The minimum absolute atomic E-state index is 0. The Morgan fingerprint density at radius 3 is 2.88 bits per heavy atom. The maximum atomic E-state index is 14.0. The maximum absolute atomic E-state index is 14.0. The highest BCUT2D eigenvalue weighted by Crippen LogP contribution is 2.35. The highest BCUT2D eigenvalue weighted by molar-refractivity contribution is 7.17. The number of aryl methyl sites for hydroxylation is 2. The van der Waals surface area contributed by atoms with Gasteiger partial charge in [-0.2, -0.15) is 0 Å². The first-order valence-corrected chi connectivity index (χ1v) is 11.7. The van der Waals surface area contributed by atoms with Gasteiger partial charge < -0.3 is 10.2 Å². The fourth-order valence-corrected chi connectivity index (χ4v) is 5.98. The zero-order valence-corrected chi connectivity index (χ0v) is 19.6. The minimum atomic E-state index is -0.345. The van der Waals surface area contributed by atoms with Crippen molar-refractivity contribution in [2.24, 2.45) is 5.92 Å². The molecule has 0 radical (unpaired) electrons. The molecule has 5 rings (SSSR count). The van der Waals surface area contributed by atoms with E-state index in [4.69, 9.17) is 10.4 Å². The van der Waals surface area contributed by atoms with Gasteiger partial charge in [0.2, 0.25) is 5.91 Å². The highest BCUT2D eigenvalue weighted by atomic mass is 35.5. The number of carbonyl (C=O) groups excluding carboxylic acids is 1. The highest BCUT2D eigenvalue weighted by Gasteiger charge is 2.29. The molecule has 32 heavy (non-hydrogen) atoms. The summed E-state index contributed by atoms with van der Waals surface area (Å²) in [5.41, 5.74) is 2.89. The van der Waals surface area contributed by atoms with Gasteiger partial charge in [0.15, 0.2) is 10.8 Å². The quantitative estimate of drug-likeness (QED) is 0.438. The lowest BCUT2D eigenvalue weighted by atomic mass is 9.97. The van der Waals surface area contributed by atoms with Crippen LogP contribution in [0.2, 0.25) is 0 Å². The predicted octanol–water partition coefficient (Wildman–Crippen LogP) is 4.29. The molecule has 0 spiro atoms. The van der Waals surface area contributed by atoms with E-state index in [1.54, 1.807) is 23.5 Å². The van der Waals surface area contributed by atoms with Crippen molar-refractivity contribution in [3.63, 3.8) is 0 Å². The molecule has 1 aromatic carbocycles. The molecule has 1 aliphatic carbocycles. The van der Waals surface area contributed by atoms with Gasteiger partial charge in [-0.25, -0.2) is 9.37 Å². The maximum Gasteiger partial charge on any atom is 0.229 e. The normalized spacial score (nSPS) is 18.8. The zero-order chi connectivity index (χ0) is 21.5. The topological polar surface area (TPSA) is 73.5 Å². The third kappa shape index (κ3) is 4.19. The minimum Gasteiger partial charge on any atom is -0.309 e. The summed E-state index contributed by atoms with van der Waals surface area (Å²) in [5.74, 6) is -0.559. The summed E-state index contributed by atoms with van der Waals surface area (Å²) in [6, 6.07) is 6.29. The molecule has 1 amide bonds.